The van der Waals surface area contributed by atoms with E-state index in [0.717, 1.165) is 18.4 Å². The number of rotatable bonds is 12. The Morgan fingerprint density at radius 2 is 1.33 bits per heavy atom. The lowest BCUT2D eigenvalue weighted by Gasteiger charge is -2.50. The zero-order valence-corrected chi connectivity index (χ0v) is 38.8. The van der Waals surface area contributed by atoms with Gasteiger partial charge in [0, 0.05) is 12.8 Å². The first-order chi connectivity index (χ1) is 24.9. The van der Waals surface area contributed by atoms with E-state index in [1.165, 1.54) is 6.08 Å². The maximum atomic E-state index is 15.7. The maximum absolute atomic E-state index is 15.7. The van der Waals surface area contributed by atoms with Gasteiger partial charge in [-0.05, 0) is 96.2 Å². The Hall–Kier alpha value is -1.91. The minimum atomic E-state index is -2.80. The van der Waals surface area contributed by atoms with Crippen LogP contribution in [0.1, 0.15) is 114 Å². The highest BCUT2D eigenvalue weighted by Crippen LogP contribution is 2.58. The molecule has 0 radical (unpaired) electrons. The van der Waals surface area contributed by atoms with Gasteiger partial charge in [-0.2, -0.15) is 0 Å². The molecule has 1 saturated carbocycles. The summed E-state index contributed by atoms with van der Waals surface area (Å²) in [5.41, 5.74) is -5.01. The summed E-state index contributed by atoms with van der Waals surface area (Å²) in [6.07, 6.45) is -0.184. The first-order valence-corrected chi connectivity index (χ1v) is 25.9. The van der Waals surface area contributed by atoms with Crippen LogP contribution in [0.15, 0.2) is 43.0 Å². The van der Waals surface area contributed by atoms with Crippen LogP contribution in [-0.2, 0) is 53.5 Å². The number of ether oxygens (including phenoxy) is 6. The Balaban J connectivity index is 2.08. The van der Waals surface area contributed by atoms with Gasteiger partial charge in [0.25, 0.3) is 0 Å². The molecular formula is C43H72O10Si2. The Bertz CT molecular complexity index is 1510. The van der Waals surface area contributed by atoms with Gasteiger partial charge in [-0.3, -0.25) is 0 Å². The van der Waals surface area contributed by atoms with Crippen LogP contribution in [0.4, 0.5) is 0 Å². The van der Waals surface area contributed by atoms with Crippen molar-refractivity contribution in [2.24, 2.45) is 0 Å². The number of hydrogen-bond acceptors (Lipinski definition) is 10. The maximum Gasteiger partial charge on any atom is 0.345 e. The predicted octanol–water partition coefficient (Wildman–Crippen LogP) is 9.42. The number of benzene rings is 1. The number of carbonyl (C=O) groups excluding carboxylic acids is 2. The third kappa shape index (κ3) is 9.53. The van der Waals surface area contributed by atoms with E-state index in [1.807, 2.05) is 30.3 Å². The minimum Gasteiger partial charge on any atom is -0.458 e. The molecule has 6 atom stereocenters. The van der Waals surface area contributed by atoms with Crippen molar-refractivity contribution in [3.8, 4) is 0 Å². The normalized spacial score (nSPS) is 29.1. The van der Waals surface area contributed by atoms with Crippen molar-refractivity contribution in [1.82, 2.24) is 0 Å². The first-order valence-electron chi connectivity index (χ1n) is 20.1. The molecule has 2 aliphatic heterocycles. The minimum absolute atomic E-state index is 0.0480. The van der Waals surface area contributed by atoms with E-state index in [2.05, 4.69) is 74.3 Å². The smallest absolute Gasteiger partial charge is 0.345 e. The van der Waals surface area contributed by atoms with Crippen LogP contribution < -0.4 is 0 Å². The summed E-state index contributed by atoms with van der Waals surface area (Å²) >= 11 is 0. The van der Waals surface area contributed by atoms with Crippen molar-refractivity contribution in [3.63, 3.8) is 0 Å². The third-order valence-corrected chi connectivity index (χ3v) is 20.8. The summed E-state index contributed by atoms with van der Waals surface area (Å²) in [7, 11) is -5.44. The fourth-order valence-corrected chi connectivity index (χ4v) is 9.65. The molecule has 0 bridgehead atoms. The summed E-state index contributed by atoms with van der Waals surface area (Å²) < 4.78 is 55.2. The molecule has 1 aromatic rings. The van der Waals surface area contributed by atoms with E-state index in [9.17, 15) is 4.79 Å². The fraction of sp³-hybridized carbons (Fsp3) is 0.767. The van der Waals surface area contributed by atoms with Crippen molar-refractivity contribution < 1.29 is 46.9 Å². The molecule has 0 unspecified atom stereocenters. The molecule has 3 aliphatic rings. The first kappa shape index (κ1) is 45.8. The highest BCUT2D eigenvalue weighted by Gasteiger charge is 2.80. The molecule has 0 amide bonds. The van der Waals surface area contributed by atoms with Crippen molar-refractivity contribution >= 4 is 28.6 Å². The second-order valence-electron chi connectivity index (χ2n) is 20.8. The van der Waals surface area contributed by atoms with Crippen LogP contribution in [-0.4, -0.2) is 87.8 Å². The second-order valence-corrected chi connectivity index (χ2v) is 30.3. The molecular weight excluding hydrogens is 733 g/mol. The van der Waals surface area contributed by atoms with Crippen molar-refractivity contribution in [3.05, 3.63) is 48.6 Å². The van der Waals surface area contributed by atoms with Crippen LogP contribution >= 0.6 is 0 Å². The summed E-state index contributed by atoms with van der Waals surface area (Å²) in [5.74, 6) is -2.66. The van der Waals surface area contributed by atoms with Crippen LogP contribution in [0.5, 0.6) is 0 Å². The van der Waals surface area contributed by atoms with Gasteiger partial charge in [-0.25, -0.2) is 9.59 Å². The number of carbonyl (C=O) groups is 2. The molecule has 55 heavy (non-hydrogen) atoms. The van der Waals surface area contributed by atoms with Gasteiger partial charge in [0.2, 0.25) is 5.60 Å². The molecule has 1 spiro atoms. The average molecular weight is 805 g/mol. The molecule has 2 heterocycles. The lowest BCUT2D eigenvalue weighted by Crippen LogP contribution is -2.73. The molecule has 12 heteroatoms. The zero-order valence-electron chi connectivity index (χ0n) is 36.8. The Labute approximate surface area is 333 Å². The topological polar surface area (TPSA) is 108 Å². The molecule has 0 aromatic heterocycles. The Morgan fingerprint density at radius 1 is 0.800 bits per heavy atom. The molecule has 3 fully saturated rings. The monoisotopic (exact) mass is 804 g/mol. The van der Waals surface area contributed by atoms with Crippen LogP contribution in [0.2, 0.25) is 36.3 Å². The summed E-state index contributed by atoms with van der Waals surface area (Å²) in [6, 6.07) is 9.88. The van der Waals surface area contributed by atoms with Gasteiger partial charge in [0.1, 0.15) is 29.5 Å². The van der Waals surface area contributed by atoms with Gasteiger partial charge < -0.3 is 37.3 Å². The van der Waals surface area contributed by atoms with Crippen LogP contribution in [0, 0.1) is 0 Å². The molecule has 1 aliphatic carbocycles. The molecule has 2 saturated heterocycles. The van der Waals surface area contributed by atoms with Crippen molar-refractivity contribution in [2.45, 2.75) is 204 Å². The largest absolute Gasteiger partial charge is 0.458 e. The van der Waals surface area contributed by atoms with Gasteiger partial charge in [-0.1, -0.05) is 84.5 Å². The molecule has 1 aromatic carbocycles. The highest BCUT2D eigenvalue weighted by atomic mass is 28.4. The summed E-state index contributed by atoms with van der Waals surface area (Å²) in [6.45, 7) is 37.0. The van der Waals surface area contributed by atoms with Crippen LogP contribution in [0.3, 0.4) is 0 Å². The molecule has 312 valence electrons. The second kappa shape index (κ2) is 15.7. The van der Waals surface area contributed by atoms with E-state index in [1.54, 1.807) is 41.5 Å². The van der Waals surface area contributed by atoms with Crippen molar-refractivity contribution in [1.29, 1.82) is 0 Å². The van der Waals surface area contributed by atoms with E-state index in [0.29, 0.717) is 19.4 Å². The number of esters is 2. The summed E-state index contributed by atoms with van der Waals surface area (Å²) in [5, 5.41) is -0.529. The molecule has 10 nitrogen and oxygen atoms in total. The average Bonchev–Trinajstić information content (AvgIpc) is 3.70. The van der Waals surface area contributed by atoms with E-state index >= 15 is 4.79 Å². The quantitative estimate of drug-likeness (QED) is 0.115. The Kier molecular flexibility index (Phi) is 13.1. The van der Waals surface area contributed by atoms with E-state index < -0.39 is 81.2 Å². The van der Waals surface area contributed by atoms with Gasteiger partial charge in [0.15, 0.2) is 34.1 Å². The van der Waals surface area contributed by atoms with Gasteiger partial charge in [0.05, 0.1) is 13.2 Å². The number of hydrogen-bond donors (Lipinski definition) is 0. The summed E-state index contributed by atoms with van der Waals surface area (Å²) in [4.78, 5) is 30.3. The molecule has 4 rings (SSSR count). The highest BCUT2D eigenvalue weighted by molar-refractivity contribution is 6.74. The lowest BCUT2D eigenvalue weighted by molar-refractivity contribution is -0.246. The van der Waals surface area contributed by atoms with E-state index in [4.69, 9.17) is 37.3 Å². The standard InChI is InChI=1S/C43H72O10Si2/c1-18-42(34(35(44)49-37(2,3)4)48-41(53-42)26-22-23-27-41)43(36(45)50-38(5,6)7)33(52-55(16,17)40(11,12)13)32(51-54(14,15)39(8,9)10)31(47-43)29-46-28-30-24-20-19-21-25-30/h18-21,24-25,31-34H,1,22-23,26-29H2,2-17H3/t31-,32-,33+,34+,42-,43-/m0/s1. The fourth-order valence-electron chi connectivity index (χ4n) is 7.06. The third-order valence-electron chi connectivity index (χ3n) is 11.9. The van der Waals surface area contributed by atoms with Crippen LogP contribution in [0.25, 0.3) is 0 Å². The Morgan fingerprint density at radius 3 is 1.82 bits per heavy atom. The van der Waals surface area contributed by atoms with E-state index in [-0.39, 0.29) is 16.7 Å². The van der Waals surface area contributed by atoms with Gasteiger partial charge in [-0.15, -0.1) is 0 Å². The zero-order chi connectivity index (χ0) is 41.7. The SMILES string of the molecule is C=C[C@]1([C@]2(C(=O)OC(C)(C)C)O[C@@H](COCc3ccccc3)[C@H](O[Si](C)(C)C(C)(C)C)[C@H]2O[Si](C)(C)C(C)(C)C)OC2(CCCC2)O[C@@H]1C(=O)OC(C)(C)C. The molecule has 0 N–H and O–H groups in total. The van der Waals surface area contributed by atoms with Gasteiger partial charge >= 0.3 is 11.9 Å². The van der Waals surface area contributed by atoms with Crippen molar-refractivity contribution in [2.75, 3.05) is 6.61 Å². The lowest BCUT2D eigenvalue weighted by atomic mass is 9.74. The predicted molar refractivity (Wildman–Crippen MR) is 220 cm³/mol.